The molecule has 2 aliphatic rings. The zero-order chi connectivity index (χ0) is 22.3. The molecule has 2 aromatic rings. The topological polar surface area (TPSA) is 52.6 Å². The number of nitrogens with zero attached hydrogens (tertiary/aromatic N) is 2. The number of anilines is 1. The molecule has 0 aromatic heterocycles. The monoisotopic (exact) mass is 469 g/mol. The highest BCUT2D eigenvalue weighted by atomic mass is 35.5. The Hall–Kier alpha value is -1.74. The molecule has 5 nitrogen and oxygen atoms in total. The predicted molar refractivity (Wildman–Crippen MR) is 118 cm³/mol. The van der Waals surface area contributed by atoms with Crippen molar-refractivity contribution in [3.05, 3.63) is 57.6 Å². The van der Waals surface area contributed by atoms with Crippen LogP contribution >= 0.6 is 11.6 Å². The second kappa shape index (κ2) is 8.65. The molecule has 0 unspecified atom stereocenters. The first-order chi connectivity index (χ1) is 14.7. The number of hydrogen-bond acceptors (Lipinski definition) is 4. The van der Waals surface area contributed by atoms with Gasteiger partial charge in [-0.15, -0.1) is 0 Å². The van der Waals surface area contributed by atoms with Gasteiger partial charge in [0, 0.05) is 44.0 Å². The van der Waals surface area contributed by atoms with Gasteiger partial charge in [-0.2, -0.15) is 0 Å². The molecule has 1 heterocycles. The second-order valence-electron chi connectivity index (χ2n) is 8.41. The van der Waals surface area contributed by atoms with Crippen LogP contribution in [-0.2, 0) is 22.9 Å². The highest BCUT2D eigenvalue weighted by molar-refractivity contribution is 7.89. The summed E-state index contributed by atoms with van der Waals surface area (Å²) < 4.78 is 55.9. The molecule has 1 aliphatic carbocycles. The molecule has 0 radical (unpaired) electrons. The second-order valence-corrected chi connectivity index (χ2v) is 10.5. The summed E-state index contributed by atoms with van der Waals surface area (Å²) in [6.07, 6.45) is 1.87. The molecule has 0 spiro atoms. The van der Waals surface area contributed by atoms with Crippen LogP contribution in [0.5, 0.6) is 0 Å². The summed E-state index contributed by atoms with van der Waals surface area (Å²) in [6.45, 7) is 5.86. The molecule has 0 bridgehead atoms. The molecule has 1 aliphatic heterocycles. The maximum Gasteiger partial charge on any atom is 0.243 e. The Morgan fingerprint density at radius 2 is 1.77 bits per heavy atom. The van der Waals surface area contributed by atoms with Crippen molar-refractivity contribution in [1.82, 2.24) is 9.62 Å². The van der Waals surface area contributed by atoms with E-state index in [1.54, 1.807) is 0 Å². The fourth-order valence-corrected chi connectivity index (χ4v) is 6.06. The third kappa shape index (κ3) is 4.58. The number of hydrogen-bond donors (Lipinski definition) is 1. The Labute approximate surface area is 187 Å². The van der Waals surface area contributed by atoms with E-state index in [9.17, 15) is 17.2 Å². The first-order valence-electron chi connectivity index (χ1n) is 10.4. The van der Waals surface area contributed by atoms with Crippen molar-refractivity contribution < 1.29 is 17.2 Å². The molecule has 9 heteroatoms. The highest BCUT2D eigenvalue weighted by Crippen LogP contribution is 2.34. The molecular weight excluding hydrogens is 444 g/mol. The molecule has 0 amide bonds. The molecule has 0 saturated carbocycles. The van der Waals surface area contributed by atoms with E-state index in [2.05, 4.69) is 40.6 Å². The molecular formula is C22H26ClF2N3O2S. The van der Waals surface area contributed by atoms with E-state index >= 15 is 0 Å². The van der Waals surface area contributed by atoms with E-state index in [-0.39, 0.29) is 6.04 Å². The van der Waals surface area contributed by atoms with E-state index < -0.39 is 31.6 Å². The first kappa shape index (κ1) is 22.5. The van der Waals surface area contributed by atoms with Gasteiger partial charge in [0.2, 0.25) is 10.0 Å². The van der Waals surface area contributed by atoms with E-state index in [1.165, 1.54) is 11.1 Å². The lowest BCUT2D eigenvalue weighted by Gasteiger charge is -2.37. The van der Waals surface area contributed by atoms with Gasteiger partial charge in [-0.25, -0.2) is 21.9 Å². The van der Waals surface area contributed by atoms with Gasteiger partial charge < -0.3 is 9.80 Å². The van der Waals surface area contributed by atoms with Crippen LogP contribution in [0.2, 0.25) is 5.02 Å². The summed E-state index contributed by atoms with van der Waals surface area (Å²) in [5.74, 6) is -2.14. The van der Waals surface area contributed by atoms with Crippen molar-refractivity contribution >= 4 is 27.3 Å². The smallest absolute Gasteiger partial charge is 0.243 e. The zero-order valence-corrected chi connectivity index (χ0v) is 19.2. The Bertz CT molecular complexity index is 1100. The van der Waals surface area contributed by atoms with Crippen LogP contribution in [-0.4, -0.2) is 52.6 Å². The Morgan fingerprint density at radius 3 is 2.48 bits per heavy atom. The van der Waals surface area contributed by atoms with Gasteiger partial charge in [-0.3, -0.25) is 0 Å². The average Bonchev–Trinajstić information content (AvgIpc) is 2.71. The van der Waals surface area contributed by atoms with Crippen LogP contribution in [0.3, 0.4) is 0 Å². The summed E-state index contributed by atoms with van der Waals surface area (Å²) in [5.41, 5.74) is 4.77. The molecule has 31 heavy (non-hydrogen) atoms. The SMILES string of the molecule is Cc1ccc(N2CCN(C)CC2)c2c1CC[C@@H](NS(=O)(=O)c1cc(Cl)c(F)cc1F)C2. The van der Waals surface area contributed by atoms with Crippen molar-refractivity contribution in [2.75, 3.05) is 38.1 Å². The molecule has 1 atom stereocenters. The van der Waals surface area contributed by atoms with Crippen molar-refractivity contribution in [2.45, 2.75) is 37.1 Å². The minimum atomic E-state index is -4.18. The molecule has 168 valence electrons. The number of sulfonamides is 1. The summed E-state index contributed by atoms with van der Waals surface area (Å²) in [4.78, 5) is 4.01. The lowest BCUT2D eigenvalue weighted by atomic mass is 9.84. The normalized spacial score (nSPS) is 20.0. The Morgan fingerprint density at radius 1 is 1.06 bits per heavy atom. The molecule has 2 aromatic carbocycles. The summed E-state index contributed by atoms with van der Waals surface area (Å²) in [6, 6.07) is 5.20. The number of aryl methyl sites for hydroxylation is 1. The molecule has 1 fully saturated rings. The Kier molecular flexibility index (Phi) is 6.27. The number of benzene rings is 2. The third-order valence-corrected chi connectivity index (χ3v) is 8.09. The van der Waals surface area contributed by atoms with Crippen molar-refractivity contribution in [2.24, 2.45) is 0 Å². The van der Waals surface area contributed by atoms with Crippen LogP contribution < -0.4 is 9.62 Å². The molecule has 4 rings (SSSR count). The van der Waals surface area contributed by atoms with Crippen molar-refractivity contribution in [1.29, 1.82) is 0 Å². The van der Waals surface area contributed by atoms with Crippen LogP contribution in [0.1, 0.15) is 23.1 Å². The lowest BCUT2D eigenvalue weighted by Crippen LogP contribution is -2.45. The van der Waals surface area contributed by atoms with Gasteiger partial charge in [0.25, 0.3) is 0 Å². The van der Waals surface area contributed by atoms with Gasteiger partial charge in [0.1, 0.15) is 16.5 Å². The van der Waals surface area contributed by atoms with Crippen LogP contribution in [0.15, 0.2) is 29.2 Å². The molecule has 1 saturated heterocycles. The predicted octanol–water partition coefficient (Wildman–Crippen LogP) is 3.51. The third-order valence-electron chi connectivity index (χ3n) is 6.26. The summed E-state index contributed by atoms with van der Waals surface area (Å²) >= 11 is 5.69. The van der Waals surface area contributed by atoms with E-state index in [0.717, 1.165) is 49.9 Å². The number of piperazine rings is 1. The van der Waals surface area contributed by atoms with Gasteiger partial charge >= 0.3 is 0 Å². The number of likely N-dealkylation sites (N-methyl/N-ethyl adjacent to an activating group) is 1. The van der Waals surface area contributed by atoms with Crippen LogP contribution in [0, 0.1) is 18.6 Å². The summed E-state index contributed by atoms with van der Waals surface area (Å²) in [7, 11) is -2.08. The van der Waals surface area contributed by atoms with Gasteiger partial charge in [-0.1, -0.05) is 17.7 Å². The van der Waals surface area contributed by atoms with Gasteiger partial charge in [0.15, 0.2) is 0 Å². The number of nitrogens with one attached hydrogen (secondary N) is 1. The fraction of sp³-hybridized carbons (Fsp3) is 0.455. The van der Waals surface area contributed by atoms with Gasteiger partial charge in [-0.05, 0) is 62.1 Å². The first-order valence-corrected chi connectivity index (χ1v) is 12.2. The van der Waals surface area contributed by atoms with Crippen molar-refractivity contribution in [3.8, 4) is 0 Å². The largest absolute Gasteiger partial charge is 0.369 e. The van der Waals surface area contributed by atoms with E-state index in [1.807, 2.05) is 0 Å². The lowest BCUT2D eigenvalue weighted by molar-refractivity contribution is 0.312. The number of fused-ring (bicyclic) bond motifs is 1. The van der Waals surface area contributed by atoms with E-state index in [4.69, 9.17) is 11.6 Å². The van der Waals surface area contributed by atoms with E-state index in [0.29, 0.717) is 18.9 Å². The highest BCUT2D eigenvalue weighted by Gasteiger charge is 2.30. The number of rotatable bonds is 4. The minimum absolute atomic E-state index is 0.381. The zero-order valence-electron chi connectivity index (χ0n) is 17.6. The van der Waals surface area contributed by atoms with Gasteiger partial charge in [0.05, 0.1) is 5.02 Å². The molecule has 1 N–H and O–H groups in total. The maximum absolute atomic E-state index is 14.2. The summed E-state index contributed by atoms with van der Waals surface area (Å²) in [5, 5.41) is -0.427. The minimum Gasteiger partial charge on any atom is -0.369 e. The fourth-order valence-electron chi connectivity index (χ4n) is 4.48. The van der Waals surface area contributed by atoms with Crippen LogP contribution in [0.25, 0.3) is 0 Å². The van der Waals surface area contributed by atoms with Crippen molar-refractivity contribution in [3.63, 3.8) is 0 Å². The average molecular weight is 470 g/mol. The number of halogens is 3. The Balaban J connectivity index is 1.60. The quantitative estimate of drug-likeness (QED) is 0.696. The maximum atomic E-state index is 14.2. The van der Waals surface area contributed by atoms with Crippen LogP contribution in [0.4, 0.5) is 14.5 Å². The standard InChI is InChI=1S/C22H26ClF2N3O2S/c1-14-3-6-21(28-9-7-27(2)8-10-28)17-11-15(4-5-16(14)17)26-31(29,30)22-12-18(23)19(24)13-20(22)25/h3,6,12-13,15,26H,4-5,7-11H2,1-2H3/t15-/m1/s1.